The Balaban J connectivity index is 1.90. The number of aryl methyl sites for hydroxylation is 1. The van der Waals surface area contributed by atoms with E-state index in [1.807, 2.05) is 19.1 Å². The van der Waals surface area contributed by atoms with Gasteiger partial charge in [-0.25, -0.2) is 8.42 Å². The molecule has 2 fully saturated rings. The normalized spacial score (nSPS) is 34.5. The molecule has 0 amide bonds. The number of aliphatic hydroxyl groups is 1. The van der Waals surface area contributed by atoms with Crippen LogP contribution < -0.4 is 0 Å². The third-order valence-electron chi connectivity index (χ3n) is 5.54. The Kier molecular flexibility index (Phi) is 3.86. The number of sulfonamides is 1. The lowest BCUT2D eigenvalue weighted by atomic mass is 9.77. The lowest BCUT2D eigenvalue weighted by molar-refractivity contribution is 0.189. The van der Waals surface area contributed by atoms with Crippen LogP contribution in [0.1, 0.15) is 38.7 Å². The van der Waals surface area contributed by atoms with E-state index in [0.717, 1.165) is 24.8 Å². The molecule has 1 saturated heterocycles. The number of hydrogen-bond acceptors (Lipinski definition) is 3. The van der Waals surface area contributed by atoms with Gasteiger partial charge in [0.15, 0.2) is 0 Å². The van der Waals surface area contributed by atoms with Gasteiger partial charge in [-0.2, -0.15) is 4.31 Å². The highest BCUT2D eigenvalue weighted by Crippen LogP contribution is 2.56. The van der Waals surface area contributed by atoms with Gasteiger partial charge >= 0.3 is 0 Å². The second kappa shape index (κ2) is 5.32. The molecule has 1 heterocycles. The van der Waals surface area contributed by atoms with Crippen LogP contribution in [0.4, 0.5) is 0 Å². The minimum atomic E-state index is -3.51. The third kappa shape index (κ3) is 2.30. The van der Waals surface area contributed by atoms with Gasteiger partial charge in [0.1, 0.15) is 0 Å². The average Bonchev–Trinajstić information content (AvgIpc) is 3.16. The zero-order valence-corrected chi connectivity index (χ0v) is 14.3. The summed E-state index contributed by atoms with van der Waals surface area (Å²) in [6.45, 7) is 6.25. The Morgan fingerprint density at radius 3 is 2.50 bits per heavy atom. The third-order valence-corrected chi connectivity index (χ3v) is 7.55. The first-order chi connectivity index (χ1) is 10.3. The SMILES string of the molecule is Cc1ccc(S(=O)(=O)N2C3C[C@@H](C(C)C)CCC32CO)cc1. The van der Waals surface area contributed by atoms with Crippen molar-refractivity contribution in [3.63, 3.8) is 0 Å². The van der Waals surface area contributed by atoms with Crippen molar-refractivity contribution < 1.29 is 13.5 Å². The van der Waals surface area contributed by atoms with Crippen LogP contribution in [0.2, 0.25) is 0 Å². The molecule has 4 nitrogen and oxygen atoms in total. The van der Waals surface area contributed by atoms with E-state index in [-0.39, 0.29) is 12.6 Å². The molecular weight excluding hydrogens is 298 g/mol. The van der Waals surface area contributed by atoms with Crippen molar-refractivity contribution in [3.05, 3.63) is 29.8 Å². The van der Waals surface area contributed by atoms with Crippen molar-refractivity contribution >= 4 is 10.0 Å². The maximum absolute atomic E-state index is 12.9. The zero-order chi connectivity index (χ0) is 16.1. The van der Waals surface area contributed by atoms with Crippen molar-refractivity contribution in [2.75, 3.05) is 6.61 Å². The summed E-state index contributed by atoms with van der Waals surface area (Å²) in [7, 11) is -3.51. The van der Waals surface area contributed by atoms with Crippen molar-refractivity contribution in [1.29, 1.82) is 0 Å². The molecule has 3 rings (SSSR count). The summed E-state index contributed by atoms with van der Waals surface area (Å²) in [5.74, 6) is 1.10. The Hall–Kier alpha value is -0.910. The molecule has 4 atom stereocenters. The molecule has 0 radical (unpaired) electrons. The van der Waals surface area contributed by atoms with Crippen molar-refractivity contribution in [1.82, 2.24) is 4.31 Å². The van der Waals surface area contributed by atoms with Gasteiger partial charge in [0.05, 0.1) is 17.0 Å². The van der Waals surface area contributed by atoms with Gasteiger partial charge < -0.3 is 5.11 Å². The average molecular weight is 323 g/mol. The lowest BCUT2D eigenvalue weighted by Crippen LogP contribution is -2.31. The fourth-order valence-corrected chi connectivity index (χ4v) is 5.96. The van der Waals surface area contributed by atoms with Gasteiger partial charge in [0.25, 0.3) is 0 Å². The summed E-state index contributed by atoms with van der Waals surface area (Å²) in [4.78, 5) is 0.335. The van der Waals surface area contributed by atoms with Crippen LogP contribution in [0, 0.1) is 18.8 Å². The maximum Gasteiger partial charge on any atom is 0.244 e. The predicted octanol–water partition coefficient (Wildman–Crippen LogP) is 2.56. The maximum atomic E-state index is 12.9. The van der Waals surface area contributed by atoms with Gasteiger partial charge in [0, 0.05) is 6.04 Å². The quantitative estimate of drug-likeness (QED) is 0.866. The van der Waals surface area contributed by atoms with E-state index >= 15 is 0 Å². The van der Waals surface area contributed by atoms with E-state index in [1.165, 1.54) is 0 Å². The van der Waals surface area contributed by atoms with E-state index in [9.17, 15) is 13.5 Å². The molecule has 2 aliphatic rings. The highest BCUT2D eigenvalue weighted by Gasteiger charge is 2.69. The second-order valence-electron chi connectivity index (χ2n) is 7.17. The van der Waals surface area contributed by atoms with Crippen LogP contribution >= 0.6 is 0 Å². The monoisotopic (exact) mass is 323 g/mol. The first-order valence-electron chi connectivity index (χ1n) is 8.05. The summed E-state index contributed by atoms with van der Waals surface area (Å²) in [6.07, 6.45) is 2.63. The minimum absolute atomic E-state index is 0.0371. The van der Waals surface area contributed by atoms with Gasteiger partial charge in [0.2, 0.25) is 10.0 Å². The Bertz CT molecular complexity index is 653. The highest BCUT2D eigenvalue weighted by molar-refractivity contribution is 7.89. The van der Waals surface area contributed by atoms with Crippen LogP contribution in [0.3, 0.4) is 0 Å². The molecule has 1 N–H and O–H groups in total. The smallest absolute Gasteiger partial charge is 0.244 e. The van der Waals surface area contributed by atoms with Gasteiger partial charge in [-0.05, 0) is 50.2 Å². The molecule has 3 unspecified atom stereocenters. The van der Waals surface area contributed by atoms with Crippen molar-refractivity contribution in [2.45, 2.75) is 56.5 Å². The molecule has 5 heteroatoms. The number of rotatable bonds is 4. The van der Waals surface area contributed by atoms with E-state index in [4.69, 9.17) is 0 Å². The fraction of sp³-hybridized carbons (Fsp3) is 0.647. The number of fused-ring (bicyclic) bond motifs is 1. The Labute approximate surface area is 133 Å². The van der Waals surface area contributed by atoms with Gasteiger partial charge in [-0.3, -0.25) is 0 Å². The van der Waals surface area contributed by atoms with Crippen molar-refractivity contribution in [2.24, 2.45) is 11.8 Å². The number of nitrogens with zero attached hydrogens (tertiary/aromatic N) is 1. The second-order valence-corrected chi connectivity index (χ2v) is 8.98. The molecular formula is C17H25NO3S. The molecule has 0 bridgehead atoms. The molecule has 0 aromatic heterocycles. The van der Waals surface area contributed by atoms with Gasteiger partial charge in [-0.15, -0.1) is 0 Å². The van der Waals surface area contributed by atoms with E-state index < -0.39 is 15.6 Å². The summed E-state index contributed by atoms with van der Waals surface area (Å²) >= 11 is 0. The zero-order valence-electron chi connectivity index (χ0n) is 13.5. The van der Waals surface area contributed by atoms with Crippen molar-refractivity contribution in [3.8, 4) is 0 Å². The topological polar surface area (TPSA) is 57.4 Å². The first kappa shape index (κ1) is 16.0. The lowest BCUT2D eigenvalue weighted by Gasteiger charge is -2.27. The van der Waals surface area contributed by atoms with Crippen LogP contribution in [-0.4, -0.2) is 36.0 Å². The summed E-state index contributed by atoms with van der Waals surface area (Å²) in [5, 5.41) is 9.84. The summed E-state index contributed by atoms with van der Waals surface area (Å²) in [6, 6.07) is 6.94. The molecule has 1 aromatic rings. The van der Waals surface area contributed by atoms with E-state index in [0.29, 0.717) is 16.7 Å². The van der Waals surface area contributed by atoms with E-state index in [2.05, 4.69) is 13.8 Å². The highest BCUT2D eigenvalue weighted by atomic mass is 32.2. The number of benzene rings is 1. The first-order valence-corrected chi connectivity index (χ1v) is 9.49. The number of hydrogen-bond donors (Lipinski definition) is 1. The minimum Gasteiger partial charge on any atom is -0.394 e. The Morgan fingerprint density at radius 1 is 1.32 bits per heavy atom. The Morgan fingerprint density at radius 2 is 1.95 bits per heavy atom. The summed E-state index contributed by atoms with van der Waals surface area (Å²) in [5.41, 5.74) is 0.494. The standard InChI is InChI=1S/C17H25NO3S/c1-12(2)14-8-9-17(11-19)16(10-14)18(17)22(20,21)15-6-4-13(3)5-7-15/h4-7,12,14,16,19H,8-11H2,1-3H3/t14-,16?,17?,18?/m0/s1. The molecule has 122 valence electrons. The molecule has 1 aromatic carbocycles. The van der Waals surface area contributed by atoms with Crippen LogP contribution in [-0.2, 0) is 10.0 Å². The van der Waals surface area contributed by atoms with Gasteiger partial charge in [-0.1, -0.05) is 31.5 Å². The van der Waals surface area contributed by atoms with E-state index in [1.54, 1.807) is 16.4 Å². The van der Waals surface area contributed by atoms with Crippen LogP contribution in [0.25, 0.3) is 0 Å². The van der Waals surface area contributed by atoms with Crippen LogP contribution in [0.5, 0.6) is 0 Å². The molecule has 0 spiro atoms. The van der Waals surface area contributed by atoms with Crippen LogP contribution in [0.15, 0.2) is 29.2 Å². The summed E-state index contributed by atoms with van der Waals surface area (Å²) < 4.78 is 27.4. The molecule has 1 aliphatic carbocycles. The molecule has 22 heavy (non-hydrogen) atoms. The largest absolute Gasteiger partial charge is 0.394 e. The number of aliphatic hydroxyl groups excluding tert-OH is 1. The molecule has 1 aliphatic heterocycles. The predicted molar refractivity (Wildman–Crippen MR) is 86.0 cm³/mol. The molecule has 1 saturated carbocycles. The fourth-order valence-electron chi connectivity index (χ4n) is 3.93.